The smallest absolute Gasteiger partial charge is 0.133 e. The van der Waals surface area contributed by atoms with Crippen LogP contribution in [0.15, 0.2) is 53.5 Å². The fourth-order valence-corrected chi connectivity index (χ4v) is 3.90. The lowest BCUT2D eigenvalue weighted by molar-refractivity contribution is 0.122. The van der Waals surface area contributed by atoms with E-state index in [1.165, 1.54) is 11.3 Å². The lowest BCUT2D eigenvalue weighted by Gasteiger charge is -2.28. The van der Waals surface area contributed by atoms with Gasteiger partial charge in [0.2, 0.25) is 0 Å². The molecule has 0 saturated carbocycles. The molecule has 148 valence electrons. The maximum atomic E-state index is 9.25. The molecule has 3 aromatic rings. The van der Waals surface area contributed by atoms with Gasteiger partial charge in [0.15, 0.2) is 0 Å². The van der Waals surface area contributed by atoms with E-state index in [1.54, 1.807) is 6.07 Å². The van der Waals surface area contributed by atoms with E-state index in [0.29, 0.717) is 18.4 Å². The molecule has 0 atom stereocenters. The largest absolute Gasteiger partial charge is 0.378 e. The van der Waals surface area contributed by atoms with E-state index in [1.807, 2.05) is 24.4 Å². The zero-order chi connectivity index (χ0) is 20.3. The van der Waals surface area contributed by atoms with Crippen molar-refractivity contribution in [3.8, 4) is 17.3 Å². The number of fused-ring (bicyclic) bond motifs is 1. The summed E-state index contributed by atoms with van der Waals surface area (Å²) in [5.41, 5.74) is 6.46. The van der Waals surface area contributed by atoms with E-state index >= 15 is 0 Å². The van der Waals surface area contributed by atoms with Crippen LogP contribution >= 0.6 is 0 Å². The monoisotopic (exact) mass is 395 g/mol. The van der Waals surface area contributed by atoms with Crippen LogP contribution in [0.1, 0.15) is 22.6 Å². The van der Waals surface area contributed by atoms with Gasteiger partial charge in [-0.05, 0) is 29.8 Å². The van der Waals surface area contributed by atoms with Gasteiger partial charge in [0.05, 0.1) is 36.2 Å². The molecule has 30 heavy (non-hydrogen) atoms. The maximum absolute atomic E-state index is 9.25. The SMILES string of the molecule is N#Cc1cccc(-c2nc(Cc3ccc(N4CCOCC4)cc3)nc3c2N=CC3)c1. The van der Waals surface area contributed by atoms with Crippen molar-refractivity contribution < 1.29 is 4.74 Å². The van der Waals surface area contributed by atoms with Crippen LogP contribution in [0, 0.1) is 11.3 Å². The summed E-state index contributed by atoms with van der Waals surface area (Å²) in [4.78, 5) is 16.4. The number of morpholine rings is 1. The summed E-state index contributed by atoms with van der Waals surface area (Å²) in [5.74, 6) is 0.774. The van der Waals surface area contributed by atoms with Crippen molar-refractivity contribution in [3.63, 3.8) is 0 Å². The standard InChI is InChI=1S/C24H21N5O/c25-16-18-2-1-3-19(14-18)23-24-21(8-9-26-24)27-22(28-23)15-17-4-6-20(7-5-17)29-10-12-30-13-11-29/h1-7,9,14H,8,10-13,15H2. The van der Waals surface area contributed by atoms with Gasteiger partial charge in [-0.3, -0.25) is 4.99 Å². The first-order valence-electron chi connectivity index (χ1n) is 10.1. The topological polar surface area (TPSA) is 74.4 Å². The quantitative estimate of drug-likeness (QED) is 0.673. The molecule has 0 bridgehead atoms. The molecule has 0 spiro atoms. The average Bonchev–Trinajstić information content (AvgIpc) is 3.28. The molecule has 0 amide bonds. The second-order valence-corrected chi connectivity index (χ2v) is 7.43. The molecule has 6 nitrogen and oxygen atoms in total. The fraction of sp³-hybridized carbons (Fsp3) is 0.250. The summed E-state index contributed by atoms with van der Waals surface area (Å²) in [6, 6.07) is 18.3. The van der Waals surface area contributed by atoms with Crippen molar-refractivity contribution in [3.05, 3.63) is 71.2 Å². The van der Waals surface area contributed by atoms with Gasteiger partial charge in [-0.2, -0.15) is 5.26 Å². The van der Waals surface area contributed by atoms with Crippen LogP contribution in [0.3, 0.4) is 0 Å². The molecule has 0 aliphatic carbocycles. The highest BCUT2D eigenvalue weighted by Gasteiger charge is 2.19. The molecule has 5 rings (SSSR count). The van der Waals surface area contributed by atoms with E-state index in [-0.39, 0.29) is 0 Å². The first-order valence-corrected chi connectivity index (χ1v) is 10.1. The van der Waals surface area contributed by atoms with Crippen molar-refractivity contribution >= 4 is 17.6 Å². The molecule has 2 aliphatic heterocycles. The number of rotatable bonds is 4. The van der Waals surface area contributed by atoms with E-state index in [9.17, 15) is 5.26 Å². The lowest BCUT2D eigenvalue weighted by atomic mass is 10.1. The van der Waals surface area contributed by atoms with Crippen molar-refractivity contribution in [2.75, 3.05) is 31.2 Å². The van der Waals surface area contributed by atoms with E-state index in [2.05, 4.69) is 40.2 Å². The molecule has 1 fully saturated rings. The van der Waals surface area contributed by atoms with Crippen LogP contribution in [0.25, 0.3) is 11.3 Å². The number of nitrogens with zero attached hydrogens (tertiary/aromatic N) is 5. The predicted octanol–water partition coefficient (Wildman–Crippen LogP) is 3.70. The summed E-state index contributed by atoms with van der Waals surface area (Å²) in [6.45, 7) is 3.42. The minimum absolute atomic E-state index is 0.613. The maximum Gasteiger partial charge on any atom is 0.133 e. The van der Waals surface area contributed by atoms with E-state index in [0.717, 1.165) is 54.8 Å². The van der Waals surface area contributed by atoms with Gasteiger partial charge < -0.3 is 9.64 Å². The normalized spacial score (nSPS) is 15.1. The fourth-order valence-electron chi connectivity index (χ4n) is 3.90. The Labute approximate surface area is 175 Å². The van der Waals surface area contributed by atoms with Crippen LogP contribution in [-0.4, -0.2) is 42.5 Å². The Hall–Kier alpha value is -3.56. The van der Waals surface area contributed by atoms with Crippen LogP contribution in [0.2, 0.25) is 0 Å². The second-order valence-electron chi connectivity index (χ2n) is 7.43. The Balaban J connectivity index is 1.43. The number of aliphatic imine (C=N–C) groups is 1. The number of aromatic nitrogens is 2. The van der Waals surface area contributed by atoms with Gasteiger partial charge in [-0.1, -0.05) is 24.3 Å². The van der Waals surface area contributed by atoms with Crippen LogP contribution in [-0.2, 0) is 17.6 Å². The Morgan fingerprint density at radius 1 is 1.03 bits per heavy atom. The van der Waals surface area contributed by atoms with E-state index < -0.39 is 0 Å². The predicted molar refractivity (Wildman–Crippen MR) is 116 cm³/mol. The molecule has 1 aromatic heterocycles. The highest BCUT2D eigenvalue weighted by atomic mass is 16.5. The summed E-state index contributed by atoms with van der Waals surface area (Å²) in [5, 5.41) is 9.25. The number of hydrogen-bond donors (Lipinski definition) is 0. The van der Waals surface area contributed by atoms with Crippen LogP contribution in [0.4, 0.5) is 11.4 Å². The van der Waals surface area contributed by atoms with Gasteiger partial charge in [0.25, 0.3) is 0 Å². The molecule has 0 N–H and O–H groups in total. The average molecular weight is 395 g/mol. The molecule has 3 heterocycles. The Bertz CT molecular complexity index is 1140. The van der Waals surface area contributed by atoms with Gasteiger partial charge in [-0.15, -0.1) is 0 Å². The van der Waals surface area contributed by atoms with E-state index in [4.69, 9.17) is 14.7 Å². The van der Waals surface area contributed by atoms with Crippen molar-refractivity contribution in [2.45, 2.75) is 12.8 Å². The summed E-state index contributed by atoms with van der Waals surface area (Å²) >= 11 is 0. The molecule has 6 heteroatoms. The minimum Gasteiger partial charge on any atom is -0.378 e. The van der Waals surface area contributed by atoms with Gasteiger partial charge >= 0.3 is 0 Å². The van der Waals surface area contributed by atoms with Gasteiger partial charge in [-0.25, -0.2) is 9.97 Å². The Morgan fingerprint density at radius 3 is 2.67 bits per heavy atom. The molecule has 1 saturated heterocycles. The Kier molecular flexibility index (Phi) is 4.96. The zero-order valence-corrected chi connectivity index (χ0v) is 16.6. The minimum atomic E-state index is 0.613. The molecule has 0 radical (unpaired) electrons. The first kappa shape index (κ1) is 18.5. The molecule has 0 unspecified atom stereocenters. The van der Waals surface area contributed by atoms with Crippen LogP contribution in [0.5, 0.6) is 0 Å². The lowest BCUT2D eigenvalue weighted by Crippen LogP contribution is -2.36. The highest BCUT2D eigenvalue weighted by molar-refractivity contribution is 5.84. The third-order valence-electron chi connectivity index (χ3n) is 5.45. The van der Waals surface area contributed by atoms with Gasteiger partial charge in [0, 0.05) is 43.4 Å². The summed E-state index contributed by atoms with van der Waals surface area (Å²) in [6.07, 6.45) is 3.24. The summed E-state index contributed by atoms with van der Waals surface area (Å²) in [7, 11) is 0. The molecule has 2 aliphatic rings. The van der Waals surface area contributed by atoms with Crippen molar-refractivity contribution in [1.29, 1.82) is 5.26 Å². The van der Waals surface area contributed by atoms with Crippen molar-refractivity contribution in [1.82, 2.24) is 9.97 Å². The van der Waals surface area contributed by atoms with Gasteiger partial charge in [0.1, 0.15) is 11.5 Å². The zero-order valence-electron chi connectivity index (χ0n) is 16.6. The number of hydrogen-bond acceptors (Lipinski definition) is 6. The summed E-state index contributed by atoms with van der Waals surface area (Å²) < 4.78 is 5.44. The number of benzene rings is 2. The molecular formula is C24H21N5O. The van der Waals surface area contributed by atoms with Crippen LogP contribution < -0.4 is 4.90 Å². The highest BCUT2D eigenvalue weighted by Crippen LogP contribution is 2.34. The Morgan fingerprint density at radius 2 is 1.87 bits per heavy atom. The first-order chi connectivity index (χ1) is 14.8. The molecular weight excluding hydrogens is 374 g/mol. The number of anilines is 1. The third kappa shape index (κ3) is 3.68. The number of nitriles is 1. The molecule has 2 aromatic carbocycles. The second kappa shape index (κ2) is 8.05. The third-order valence-corrected chi connectivity index (χ3v) is 5.45. The number of ether oxygens (including phenoxy) is 1. The van der Waals surface area contributed by atoms with Crippen molar-refractivity contribution in [2.24, 2.45) is 4.99 Å².